The highest BCUT2D eigenvalue weighted by Gasteiger charge is 2.42. The van der Waals surface area contributed by atoms with Crippen molar-refractivity contribution in [2.45, 2.75) is 155 Å². The highest BCUT2D eigenvalue weighted by Crippen LogP contribution is 2.25. The fourth-order valence-electron chi connectivity index (χ4n) is 7.48. The van der Waals surface area contributed by atoms with E-state index in [4.69, 9.17) is 5.11 Å². The van der Waals surface area contributed by atoms with Gasteiger partial charge in [-0.2, -0.15) is 13.2 Å². The number of aryl methyl sites for hydroxylation is 1. The third-order valence-corrected chi connectivity index (χ3v) is 11.4. The Balaban J connectivity index is 2.52. The molecule has 0 aliphatic carbocycles. The number of carboxylic acids is 3. The molecule has 0 heterocycles. The molecule has 2 aromatic carbocycles. The molecule has 7 atom stereocenters. The largest absolute Gasteiger partial charge is 0.481 e. The van der Waals surface area contributed by atoms with Gasteiger partial charge in [-0.15, -0.1) is 0 Å². The predicted molar refractivity (Wildman–Crippen MR) is 259 cm³/mol. The Morgan fingerprint density at radius 3 is 1.59 bits per heavy atom. The van der Waals surface area contributed by atoms with E-state index in [0.717, 1.165) is 0 Å². The topological polar surface area (TPSA) is 333 Å². The number of halogens is 3. The fourth-order valence-corrected chi connectivity index (χ4v) is 7.48. The first-order chi connectivity index (χ1) is 34.3. The molecule has 0 fully saturated rings. The van der Waals surface area contributed by atoms with Crippen LogP contribution in [0, 0.1) is 24.2 Å². The Morgan fingerprint density at radius 1 is 0.554 bits per heavy atom. The van der Waals surface area contributed by atoms with E-state index in [0.29, 0.717) is 16.7 Å². The van der Waals surface area contributed by atoms with E-state index in [9.17, 15) is 76.1 Å². The Hall–Kier alpha value is -7.40. The lowest BCUT2D eigenvalue weighted by Crippen LogP contribution is -2.62. The fraction of sp³-hybridized carbons (Fsp3) is 0.540. The monoisotopic (exact) mass is 1050 g/mol. The number of Topliss-reactive ketones (excluding diaryl/α,β-unsaturated/α-hetero) is 1. The van der Waals surface area contributed by atoms with E-state index < -0.39 is 163 Å². The van der Waals surface area contributed by atoms with Crippen molar-refractivity contribution < 1.29 is 81.2 Å². The second-order valence-corrected chi connectivity index (χ2v) is 19.6. The van der Waals surface area contributed by atoms with Crippen molar-refractivity contribution in [3.63, 3.8) is 0 Å². The van der Waals surface area contributed by atoms with Crippen LogP contribution in [-0.4, -0.2) is 123 Å². The molecule has 0 saturated carbocycles. The number of hydrogen-bond acceptors (Lipinski definition) is 11. The first kappa shape index (κ1) is 62.7. The van der Waals surface area contributed by atoms with E-state index in [1.165, 1.54) is 20.8 Å². The van der Waals surface area contributed by atoms with Gasteiger partial charge in [-0.05, 0) is 53.7 Å². The van der Waals surface area contributed by atoms with E-state index in [2.05, 4.69) is 31.9 Å². The van der Waals surface area contributed by atoms with E-state index >= 15 is 0 Å². The van der Waals surface area contributed by atoms with Gasteiger partial charge in [-0.1, -0.05) is 103 Å². The minimum Gasteiger partial charge on any atom is -0.481 e. The molecule has 2 aromatic rings. The maximum atomic E-state index is 14.4. The number of carboxylic acid groups (broad SMARTS) is 3. The van der Waals surface area contributed by atoms with E-state index in [1.807, 2.05) is 5.32 Å². The summed E-state index contributed by atoms with van der Waals surface area (Å²) in [5.41, 5.74) is 0.471. The van der Waals surface area contributed by atoms with Crippen LogP contribution in [0.4, 0.5) is 13.2 Å². The third-order valence-electron chi connectivity index (χ3n) is 11.4. The van der Waals surface area contributed by atoms with Crippen molar-refractivity contribution in [3.8, 4) is 0 Å². The van der Waals surface area contributed by atoms with Crippen LogP contribution in [-0.2, 0) is 59.2 Å². The molecule has 10 N–H and O–H groups in total. The van der Waals surface area contributed by atoms with Gasteiger partial charge in [0.1, 0.15) is 36.3 Å². The number of benzene rings is 2. The Kier molecular flexibility index (Phi) is 24.4. The quantitative estimate of drug-likeness (QED) is 0.0524. The zero-order valence-corrected chi connectivity index (χ0v) is 42.5. The lowest BCUT2D eigenvalue weighted by Gasteiger charge is -2.34. The number of aliphatic carboxylic acids is 3. The molecule has 0 aromatic heterocycles. The Morgan fingerprint density at radius 2 is 1.07 bits per heavy atom. The number of nitrogens with one attached hydrogen (secondary N) is 7. The maximum Gasteiger partial charge on any atom is 0.391 e. The van der Waals surface area contributed by atoms with Gasteiger partial charge in [0.15, 0.2) is 0 Å². The molecule has 0 bridgehead atoms. The van der Waals surface area contributed by atoms with Crippen LogP contribution < -0.4 is 37.2 Å². The van der Waals surface area contributed by atoms with Crippen molar-refractivity contribution in [1.29, 1.82) is 0 Å². The van der Waals surface area contributed by atoms with Crippen LogP contribution >= 0.6 is 0 Å². The number of amides is 7. The first-order valence-electron chi connectivity index (χ1n) is 23.8. The summed E-state index contributed by atoms with van der Waals surface area (Å²) in [5, 5.41) is 44.1. The molecule has 2 unspecified atom stereocenters. The predicted octanol–water partition coefficient (Wildman–Crippen LogP) is 2.78. The molecule has 0 saturated heterocycles. The summed E-state index contributed by atoms with van der Waals surface area (Å²) in [5.74, 6) is -14.9. The van der Waals surface area contributed by atoms with E-state index in [-0.39, 0.29) is 18.8 Å². The van der Waals surface area contributed by atoms with Crippen LogP contribution in [0.2, 0.25) is 0 Å². The number of carbonyl (C=O) groups is 11. The number of carbonyl (C=O) groups excluding carboxylic acids is 8. The van der Waals surface area contributed by atoms with Crippen LogP contribution in [0.25, 0.3) is 0 Å². The second-order valence-electron chi connectivity index (χ2n) is 19.6. The smallest absolute Gasteiger partial charge is 0.391 e. The normalized spacial score (nSPS) is 14.4. The molecule has 0 aliphatic rings. The minimum atomic E-state index is -5.06. The number of rotatable bonds is 29. The van der Waals surface area contributed by atoms with Crippen molar-refractivity contribution in [3.05, 3.63) is 71.3 Å². The average molecular weight is 1050 g/mol. The van der Waals surface area contributed by atoms with Crippen LogP contribution in [0.3, 0.4) is 0 Å². The number of ketones is 1. The molecule has 2 rings (SSSR count). The zero-order chi connectivity index (χ0) is 56.2. The molecule has 0 aliphatic heterocycles. The third kappa shape index (κ3) is 22.2. The standard InChI is InChI=1S/C50H68F3N7O14/c1-26(2)22-32(44(70)58-35(25-50(51,52)53)41(68)47(73)59-40(27(3)4)29-15-10-9-11-16-29)57-48(74)42(49(6,7)8)60-46(72)33(23-30-17-13-12-14-28(30)5)56-43(69)31(18-20-37(62)63)55-45(71)34(24-39(66)67)54-36(61)19-21-38(64)65/h9-17,26-27,31-35,40,42H,18-25H2,1-8H3,(H,54,61)(H,55,71)(H,56,69)(H,57,74)(H,58,70)(H,59,73)(H,60,72)(H,62,63)(H,64,65)(H,66,67)/t31-,32-,33-,34-,35?,40?,42+/m0/s1. The maximum absolute atomic E-state index is 14.4. The molecular formula is C50H68F3N7O14. The van der Waals surface area contributed by atoms with Crippen LogP contribution in [0.15, 0.2) is 54.6 Å². The number of hydrogen-bond donors (Lipinski definition) is 10. The van der Waals surface area contributed by atoms with Gasteiger partial charge in [0.2, 0.25) is 41.2 Å². The van der Waals surface area contributed by atoms with Gasteiger partial charge < -0.3 is 52.5 Å². The summed E-state index contributed by atoms with van der Waals surface area (Å²) in [6, 6.07) is 3.25. The zero-order valence-electron chi connectivity index (χ0n) is 42.5. The van der Waals surface area contributed by atoms with E-state index in [1.54, 1.807) is 89.2 Å². The molecule has 0 radical (unpaired) electrons. The summed E-state index contributed by atoms with van der Waals surface area (Å²) in [6.45, 7) is 12.9. The van der Waals surface area contributed by atoms with Crippen LogP contribution in [0.5, 0.6) is 0 Å². The molecule has 0 spiro atoms. The summed E-state index contributed by atoms with van der Waals surface area (Å²) in [6.07, 6.45) is -11.2. The van der Waals surface area contributed by atoms with Gasteiger partial charge in [0, 0.05) is 19.3 Å². The molecular weight excluding hydrogens is 980 g/mol. The lowest BCUT2D eigenvalue weighted by atomic mass is 9.85. The number of alkyl halides is 3. The van der Waals surface area contributed by atoms with Crippen LogP contribution in [0.1, 0.15) is 116 Å². The minimum absolute atomic E-state index is 0.209. The SMILES string of the molecule is Cc1ccccc1C[C@H](NC(=O)[C@H](CCC(=O)O)NC(=O)[C@H](CC(=O)O)NC(=O)CCC(=O)O)C(=O)N[C@H](C(=O)N[C@@H](CC(C)C)C(=O)NC(CC(F)(F)F)C(=O)C(=O)NC(c1ccccc1)C(C)C)C(C)(C)C. The lowest BCUT2D eigenvalue weighted by molar-refractivity contribution is -0.154. The average Bonchev–Trinajstić information content (AvgIpc) is 3.28. The van der Waals surface area contributed by atoms with Crippen molar-refractivity contribution >= 4 is 65.0 Å². The molecule has 24 heteroatoms. The summed E-state index contributed by atoms with van der Waals surface area (Å²) in [4.78, 5) is 144. The molecule has 7 amide bonds. The van der Waals surface area contributed by atoms with Gasteiger partial charge in [0.05, 0.1) is 25.3 Å². The molecule has 21 nitrogen and oxygen atoms in total. The first-order valence-corrected chi connectivity index (χ1v) is 23.8. The highest BCUT2D eigenvalue weighted by atomic mass is 19.4. The van der Waals surface area contributed by atoms with Crippen molar-refractivity contribution in [2.24, 2.45) is 17.3 Å². The van der Waals surface area contributed by atoms with Crippen molar-refractivity contribution in [2.75, 3.05) is 0 Å². The van der Waals surface area contributed by atoms with Crippen molar-refractivity contribution in [1.82, 2.24) is 37.2 Å². The second kappa shape index (κ2) is 28.7. The van der Waals surface area contributed by atoms with Gasteiger partial charge in [0.25, 0.3) is 5.91 Å². The molecule has 408 valence electrons. The summed E-state index contributed by atoms with van der Waals surface area (Å²) in [7, 11) is 0. The van der Waals surface area contributed by atoms with Gasteiger partial charge in [-0.25, -0.2) is 0 Å². The van der Waals surface area contributed by atoms with Gasteiger partial charge >= 0.3 is 24.1 Å². The summed E-state index contributed by atoms with van der Waals surface area (Å²) < 4.78 is 42.0. The van der Waals surface area contributed by atoms with Gasteiger partial charge in [-0.3, -0.25) is 52.7 Å². The Labute approximate surface area is 426 Å². The Bertz CT molecular complexity index is 2340. The summed E-state index contributed by atoms with van der Waals surface area (Å²) >= 11 is 0. The molecule has 74 heavy (non-hydrogen) atoms. The highest BCUT2D eigenvalue weighted by molar-refractivity contribution is 6.38.